The lowest BCUT2D eigenvalue weighted by Crippen LogP contribution is -2.41. The second-order valence-corrected chi connectivity index (χ2v) is 6.15. The van der Waals surface area contributed by atoms with E-state index in [9.17, 15) is 4.79 Å². The van der Waals surface area contributed by atoms with Gasteiger partial charge in [-0.15, -0.1) is 0 Å². The summed E-state index contributed by atoms with van der Waals surface area (Å²) in [6.07, 6.45) is 0.417. The fraction of sp³-hybridized carbons (Fsp3) is 0.579. The minimum absolute atomic E-state index is 0.0329. The number of aliphatic imine (C=N–C) groups is 1. The standard InChI is InChI=1S/C19H31N5O2/c1-2-20-19(22-10-11-24-12-14-26-15-13-24)21-9-8-18(25)23-16-17-6-4-3-5-7-17/h3-7H,2,8-16H2,1H3,(H,23,25)(H2,20,21,22). The summed E-state index contributed by atoms with van der Waals surface area (Å²) < 4.78 is 5.35. The average molecular weight is 361 g/mol. The van der Waals surface area contributed by atoms with Crippen LogP contribution in [0.3, 0.4) is 0 Å². The van der Waals surface area contributed by atoms with Crippen molar-refractivity contribution in [3.05, 3.63) is 35.9 Å². The number of hydrogen-bond acceptors (Lipinski definition) is 4. The summed E-state index contributed by atoms with van der Waals surface area (Å²) in [7, 11) is 0. The molecule has 0 bridgehead atoms. The third-order valence-corrected chi connectivity index (χ3v) is 4.11. The van der Waals surface area contributed by atoms with Gasteiger partial charge < -0.3 is 20.7 Å². The summed E-state index contributed by atoms with van der Waals surface area (Å²) in [6, 6.07) is 9.92. The molecule has 1 aromatic carbocycles. The molecule has 3 N–H and O–H groups in total. The number of benzene rings is 1. The van der Waals surface area contributed by atoms with Crippen molar-refractivity contribution in [1.82, 2.24) is 20.9 Å². The van der Waals surface area contributed by atoms with Gasteiger partial charge in [0.15, 0.2) is 5.96 Å². The van der Waals surface area contributed by atoms with Gasteiger partial charge in [0.1, 0.15) is 0 Å². The molecule has 0 saturated carbocycles. The van der Waals surface area contributed by atoms with Crippen LogP contribution in [0.25, 0.3) is 0 Å². The molecule has 0 aliphatic carbocycles. The largest absolute Gasteiger partial charge is 0.379 e. The van der Waals surface area contributed by atoms with E-state index >= 15 is 0 Å². The molecule has 1 aliphatic rings. The van der Waals surface area contributed by atoms with Crippen molar-refractivity contribution in [1.29, 1.82) is 0 Å². The highest BCUT2D eigenvalue weighted by atomic mass is 16.5. The first-order valence-corrected chi connectivity index (χ1v) is 9.41. The lowest BCUT2D eigenvalue weighted by atomic mass is 10.2. The third kappa shape index (κ3) is 8.31. The molecule has 0 aromatic heterocycles. The molecule has 0 spiro atoms. The Morgan fingerprint density at radius 2 is 1.92 bits per heavy atom. The smallest absolute Gasteiger partial charge is 0.222 e. The van der Waals surface area contributed by atoms with Gasteiger partial charge in [0.05, 0.1) is 19.8 Å². The number of nitrogens with one attached hydrogen (secondary N) is 3. The van der Waals surface area contributed by atoms with Gasteiger partial charge >= 0.3 is 0 Å². The van der Waals surface area contributed by atoms with Gasteiger partial charge in [-0.1, -0.05) is 30.3 Å². The molecule has 7 nitrogen and oxygen atoms in total. The van der Waals surface area contributed by atoms with Crippen molar-refractivity contribution in [3.8, 4) is 0 Å². The maximum absolute atomic E-state index is 11.9. The van der Waals surface area contributed by atoms with Gasteiger partial charge in [0.2, 0.25) is 5.91 Å². The Balaban J connectivity index is 1.63. The third-order valence-electron chi connectivity index (χ3n) is 4.11. The Hall–Kier alpha value is -2.12. The fourth-order valence-electron chi connectivity index (χ4n) is 2.65. The van der Waals surface area contributed by atoms with E-state index in [-0.39, 0.29) is 5.91 Å². The van der Waals surface area contributed by atoms with Crippen molar-refractivity contribution < 1.29 is 9.53 Å². The molecule has 2 rings (SSSR count). The predicted molar refractivity (Wildman–Crippen MR) is 104 cm³/mol. The number of carbonyl (C=O) groups excluding carboxylic acids is 1. The number of carbonyl (C=O) groups is 1. The minimum Gasteiger partial charge on any atom is -0.379 e. The van der Waals surface area contributed by atoms with Crippen LogP contribution in [0.15, 0.2) is 35.3 Å². The van der Waals surface area contributed by atoms with Gasteiger partial charge in [-0.3, -0.25) is 14.7 Å². The molecule has 144 valence electrons. The van der Waals surface area contributed by atoms with E-state index in [1.807, 2.05) is 37.3 Å². The summed E-state index contributed by atoms with van der Waals surface area (Å²) in [5, 5.41) is 9.37. The first-order chi connectivity index (χ1) is 12.8. The summed E-state index contributed by atoms with van der Waals surface area (Å²) in [5.41, 5.74) is 1.10. The second kappa shape index (κ2) is 12.3. The predicted octanol–water partition coefficient (Wildman–Crippen LogP) is 0.580. The number of rotatable bonds is 9. The van der Waals surface area contributed by atoms with Gasteiger partial charge in [0, 0.05) is 45.7 Å². The van der Waals surface area contributed by atoms with Crippen LogP contribution in [-0.2, 0) is 16.1 Å². The molecule has 0 atom stereocenters. The fourth-order valence-corrected chi connectivity index (χ4v) is 2.65. The number of amides is 1. The van der Waals surface area contributed by atoms with E-state index in [0.29, 0.717) is 19.5 Å². The Morgan fingerprint density at radius 3 is 2.65 bits per heavy atom. The molecule has 1 amide bonds. The van der Waals surface area contributed by atoms with Gasteiger partial charge in [-0.2, -0.15) is 0 Å². The van der Waals surface area contributed by atoms with Crippen molar-refractivity contribution in [3.63, 3.8) is 0 Å². The van der Waals surface area contributed by atoms with Crippen molar-refractivity contribution in [2.24, 2.45) is 4.99 Å². The first kappa shape index (κ1) is 20.2. The zero-order chi connectivity index (χ0) is 18.5. The minimum atomic E-state index is 0.0329. The number of hydrogen-bond donors (Lipinski definition) is 3. The lowest BCUT2D eigenvalue weighted by Gasteiger charge is -2.25. The maximum atomic E-state index is 11.9. The van der Waals surface area contributed by atoms with Crippen molar-refractivity contribution >= 4 is 11.9 Å². The van der Waals surface area contributed by atoms with Gasteiger partial charge in [-0.25, -0.2) is 0 Å². The van der Waals surface area contributed by atoms with Gasteiger partial charge in [0.25, 0.3) is 0 Å². The number of nitrogens with zero attached hydrogens (tertiary/aromatic N) is 2. The molecule has 1 aromatic rings. The zero-order valence-electron chi connectivity index (χ0n) is 15.7. The number of ether oxygens (including phenoxy) is 1. The van der Waals surface area contributed by atoms with Crippen LogP contribution >= 0.6 is 0 Å². The van der Waals surface area contributed by atoms with Crippen LogP contribution in [-0.4, -0.2) is 69.2 Å². The maximum Gasteiger partial charge on any atom is 0.222 e. The molecule has 7 heteroatoms. The normalized spacial score (nSPS) is 15.5. The molecule has 1 fully saturated rings. The summed E-state index contributed by atoms with van der Waals surface area (Å²) in [6.45, 7) is 9.17. The summed E-state index contributed by atoms with van der Waals surface area (Å²) in [4.78, 5) is 18.9. The number of morpholine rings is 1. The summed E-state index contributed by atoms with van der Waals surface area (Å²) in [5.74, 6) is 0.794. The average Bonchev–Trinajstić information content (AvgIpc) is 2.68. The van der Waals surface area contributed by atoms with E-state index in [2.05, 4.69) is 25.8 Å². The van der Waals surface area contributed by atoms with Crippen LogP contribution < -0.4 is 16.0 Å². The molecule has 26 heavy (non-hydrogen) atoms. The number of guanidine groups is 1. The Labute approximate surface area is 156 Å². The first-order valence-electron chi connectivity index (χ1n) is 9.41. The van der Waals surface area contributed by atoms with Crippen LogP contribution in [0, 0.1) is 0 Å². The van der Waals surface area contributed by atoms with Crippen molar-refractivity contribution in [2.45, 2.75) is 19.9 Å². The zero-order valence-corrected chi connectivity index (χ0v) is 15.7. The quantitative estimate of drug-likeness (QED) is 0.443. The highest BCUT2D eigenvalue weighted by molar-refractivity contribution is 5.81. The molecule has 1 saturated heterocycles. The van der Waals surface area contributed by atoms with E-state index in [1.165, 1.54) is 0 Å². The Kier molecular flexibility index (Phi) is 9.53. The molecular formula is C19H31N5O2. The van der Waals surface area contributed by atoms with E-state index in [4.69, 9.17) is 4.74 Å². The SMILES string of the molecule is CCNC(=NCCN1CCOCC1)NCCC(=O)NCc1ccccc1. The highest BCUT2D eigenvalue weighted by Crippen LogP contribution is 1.97. The van der Waals surface area contributed by atoms with Crippen LogP contribution in [0.1, 0.15) is 18.9 Å². The molecular weight excluding hydrogens is 330 g/mol. The highest BCUT2D eigenvalue weighted by Gasteiger charge is 2.09. The van der Waals surface area contributed by atoms with E-state index in [0.717, 1.165) is 57.5 Å². The van der Waals surface area contributed by atoms with Crippen LogP contribution in [0.2, 0.25) is 0 Å². The van der Waals surface area contributed by atoms with Gasteiger partial charge in [-0.05, 0) is 12.5 Å². The molecule has 1 heterocycles. The monoisotopic (exact) mass is 361 g/mol. The van der Waals surface area contributed by atoms with Crippen LogP contribution in [0.4, 0.5) is 0 Å². The molecule has 0 unspecified atom stereocenters. The molecule has 1 aliphatic heterocycles. The van der Waals surface area contributed by atoms with E-state index < -0.39 is 0 Å². The Bertz CT molecular complexity index is 544. The Morgan fingerprint density at radius 1 is 1.15 bits per heavy atom. The van der Waals surface area contributed by atoms with Crippen molar-refractivity contribution in [2.75, 3.05) is 52.5 Å². The van der Waals surface area contributed by atoms with Crippen LogP contribution in [0.5, 0.6) is 0 Å². The topological polar surface area (TPSA) is 78.0 Å². The molecule has 0 radical (unpaired) electrons. The summed E-state index contributed by atoms with van der Waals surface area (Å²) >= 11 is 0. The van der Waals surface area contributed by atoms with E-state index in [1.54, 1.807) is 0 Å². The lowest BCUT2D eigenvalue weighted by molar-refractivity contribution is -0.121. The second-order valence-electron chi connectivity index (χ2n) is 6.15.